The second-order valence-electron chi connectivity index (χ2n) is 19.6. The molecule has 51 heavy (non-hydrogen) atoms. The summed E-state index contributed by atoms with van der Waals surface area (Å²) in [5.74, 6) is 5.12. The van der Waals surface area contributed by atoms with Crippen molar-refractivity contribution in [3.63, 3.8) is 0 Å². The van der Waals surface area contributed by atoms with Gasteiger partial charge in [0, 0.05) is 15.6 Å². The Hall–Kier alpha value is -1.10. The first-order valence-electron chi connectivity index (χ1n) is 22.1. The number of carbonyl (C=O) groups excluding carboxylic acids is 2. The van der Waals surface area contributed by atoms with Crippen molar-refractivity contribution in [3.05, 3.63) is 0 Å². The Bertz CT molecular complexity index is 853. The van der Waals surface area contributed by atoms with E-state index in [2.05, 4.69) is 83.1 Å². The number of esters is 2. The largest absolute Gasteiger partial charge is 0.460 e. The minimum atomic E-state index is -0.434. The van der Waals surface area contributed by atoms with Crippen molar-refractivity contribution in [1.29, 1.82) is 0 Å². The molecule has 0 radical (unpaired) electrons. The van der Waals surface area contributed by atoms with Gasteiger partial charge in [-0.05, 0) is 152 Å². The Morgan fingerprint density at radius 1 is 0.490 bits per heavy atom. The first kappa shape index (κ1) is 49.9. The fourth-order valence-corrected chi connectivity index (χ4v) is 7.30. The van der Waals surface area contributed by atoms with Gasteiger partial charge >= 0.3 is 11.9 Å². The van der Waals surface area contributed by atoms with Crippen LogP contribution in [0.25, 0.3) is 0 Å². The van der Waals surface area contributed by atoms with Crippen LogP contribution in [0.15, 0.2) is 0 Å². The van der Waals surface area contributed by atoms with Gasteiger partial charge in [0.1, 0.15) is 11.2 Å². The average molecular weight is 730 g/mol. The standard InChI is InChI=1S/2C23H46O2.H3N/c2*1-10-18(4)13-19(5)14-20(6)15-21(12-11-17(2)3)16-22(24)25-23(7,8)9;/h2*17-21H,10-16H2,1-9H3;1H3/i2*11T;. The van der Waals surface area contributed by atoms with Crippen LogP contribution in [-0.4, -0.2) is 23.1 Å². The third-order valence-corrected chi connectivity index (χ3v) is 9.72. The lowest BCUT2D eigenvalue weighted by Crippen LogP contribution is -2.26. The molecule has 0 aromatic heterocycles. The molecule has 0 aliphatic carbocycles. The van der Waals surface area contributed by atoms with Crippen LogP contribution in [0.5, 0.6) is 0 Å². The molecular formula is C46H95NO4. The van der Waals surface area contributed by atoms with E-state index < -0.39 is 11.2 Å². The molecule has 0 aliphatic rings. The molecule has 0 saturated carbocycles. The number of carbonyl (C=O) groups is 2. The van der Waals surface area contributed by atoms with Crippen molar-refractivity contribution in [1.82, 2.24) is 6.15 Å². The van der Waals surface area contributed by atoms with Gasteiger partial charge in [-0.15, -0.1) is 0 Å². The van der Waals surface area contributed by atoms with Gasteiger partial charge in [0.25, 0.3) is 0 Å². The number of rotatable bonds is 24. The van der Waals surface area contributed by atoms with Crippen molar-refractivity contribution in [3.8, 4) is 0 Å². The van der Waals surface area contributed by atoms with Gasteiger partial charge in [0.2, 0.25) is 0 Å². The third-order valence-electron chi connectivity index (χ3n) is 9.72. The van der Waals surface area contributed by atoms with Crippen LogP contribution in [0.2, 0.25) is 0 Å². The Labute approximate surface area is 324 Å². The lowest BCUT2D eigenvalue weighted by molar-refractivity contribution is -0.157. The lowest BCUT2D eigenvalue weighted by atomic mass is 9.82. The van der Waals surface area contributed by atoms with Gasteiger partial charge < -0.3 is 15.6 Å². The molecule has 5 heteroatoms. The maximum Gasteiger partial charge on any atom is 0.306 e. The quantitative estimate of drug-likeness (QED) is 0.0999. The Morgan fingerprint density at radius 3 is 0.980 bits per heavy atom. The summed E-state index contributed by atoms with van der Waals surface area (Å²) < 4.78 is 27.7. The zero-order chi connectivity index (χ0) is 41.0. The van der Waals surface area contributed by atoms with Crippen LogP contribution in [-0.2, 0) is 19.1 Å². The van der Waals surface area contributed by atoms with E-state index in [1.807, 2.05) is 41.5 Å². The van der Waals surface area contributed by atoms with Crippen molar-refractivity contribution >= 4 is 11.9 Å². The fourth-order valence-electron chi connectivity index (χ4n) is 7.30. The molecule has 0 aromatic rings. The van der Waals surface area contributed by atoms with Gasteiger partial charge in [0.15, 0.2) is 0 Å². The maximum atomic E-state index is 12.3. The van der Waals surface area contributed by atoms with E-state index in [4.69, 9.17) is 12.2 Å². The predicted octanol–water partition coefficient (Wildman–Crippen LogP) is 14.7. The van der Waals surface area contributed by atoms with Gasteiger partial charge in [0.05, 0.1) is 0 Å². The van der Waals surface area contributed by atoms with E-state index in [-0.39, 0.29) is 42.7 Å². The number of hydrogen-bond acceptors (Lipinski definition) is 5. The first-order valence-corrected chi connectivity index (χ1v) is 21.0. The van der Waals surface area contributed by atoms with Crippen molar-refractivity contribution < 1.29 is 21.8 Å². The minimum Gasteiger partial charge on any atom is -0.460 e. The van der Waals surface area contributed by atoms with Crippen molar-refractivity contribution in [2.45, 2.75) is 226 Å². The smallest absolute Gasteiger partial charge is 0.306 e. The second kappa shape index (κ2) is 28.4. The molecule has 0 heterocycles. The molecule has 10 atom stereocenters. The highest BCUT2D eigenvalue weighted by Gasteiger charge is 2.25. The van der Waals surface area contributed by atoms with E-state index in [9.17, 15) is 9.59 Å². The normalized spacial score (nSPS) is 18.7. The third kappa shape index (κ3) is 35.7. The summed E-state index contributed by atoms with van der Waals surface area (Å²) >= 11 is 0. The van der Waals surface area contributed by atoms with Crippen molar-refractivity contribution in [2.75, 3.05) is 0 Å². The summed E-state index contributed by atoms with van der Waals surface area (Å²) in [5.41, 5.74) is -0.868. The molecule has 308 valence electrons. The first-order chi connectivity index (χ1) is 23.7. The van der Waals surface area contributed by atoms with Gasteiger partial charge in [-0.25, -0.2) is 0 Å². The van der Waals surface area contributed by atoms with Crippen molar-refractivity contribution in [2.24, 2.45) is 59.2 Å². The Kier molecular flexibility index (Phi) is 27.7. The molecule has 0 amide bonds. The average Bonchev–Trinajstić information content (AvgIpc) is 2.94. The van der Waals surface area contributed by atoms with Crippen LogP contribution in [0.4, 0.5) is 0 Å². The summed E-state index contributed by atoms with van der Waals surface area (Å²) in [6.45, 7) is 38.4. The van der Waals surface area contributed by atoms with Crippen LogP contribution in [0, 0.1) is 59.2 Å². The molecule has 0 fully saturated rings. The molecule has 0 saturated heterocycles. The molecular weight excluding hydrogens is 631 g/mol. The van der Waals surface area contributed by atoms with Gasteiger partial charge in [-0.3, -0.25) is 9.59 Å². The Balaban J connectivity index is -0.000000926. The van der Waals surface area contributed by atoms with Gasteiger partial charge in [-0.2, -0.15) is 0 Å². The zero-order valence-corrected chi connectivity index (χ0v) is 37.8. The molecule has 3 N–H and O–H groups in total. The minimum absolute atomic E-state index is 0. The van der Waals surface area contributed by atoms with E-state index in [1.165, 1.54) is 38.5 Å². The van der Waals surface area contributed by atoms with E-state index in [0.717, 1.165) is 49.4 Å². The van der Waals surface area contributed by atoms with Crippen LogP contribution in [0.1, 0.15) is 217 Å². The zero-order valence-electron chi connectivity index (χ0n) is 39.8. The van der Waals surface area contributed by atoms with Crippen LogP contribution >= 0.6 is 0 Å². The molecule has 5 nitrogen and oxygen atoms in total. The predicted molar refractivity (Wildman–Crippen MR) is 224 cm³/mol. The summed E-state index contributed by atoms with van der Waals surface area (Å²) in [5, 5.41) is 0. The van der Waals surface area contributed by atoms with E-state index >= 15 is 0 Å². The van der Waals surface area contributed by atoms with Gasteiger partial charge in [-0.1, -0.05) is 109 Å². The molecule has 0 bridgehead atoms. The molecule has 0 rings (SSSR count). The summed E-state index contributed by atoms with van der Waals surface area (Å²) in [6, 6.07) is 0. The summed E-state index contributed by atoms with van der Waals surface area (Å²) in [4.78, 5) is 24.7. The monoisotopic (exact) mass is 730 g/mol. The molecule has 10 unspecified atom stereocenters. The van der Waals surface area contributed by atoms with E-state index in [1.54, 1.807) is 0 Å². The highest BCUT2D eigenvalue weighted by molar-refractivity contribution is 5.70. The van der Waals surface area contributed by atoms with Crippen LogP contribution < -0.4 is 6.15 Å². The fraction of sp³-hybridized carbons (Fsp3) is 0.957. The molecule has 0 spiro atoms. The highest BCUT2D eigenvalue weighted by atomic mass is 16.6. The van der Waals surface area contributed by atoms with E-state index in [0.29, 0.717) is 36.5 Å². The lowest BCUT2D eigenvalue weighted by Gasteiger charge is -2.26. The summed E-state index contributed by atoms with van der Waals surface area (Å²) in [6.07, 6.45) is 11.8. The summed E-state index contributed by atoms with van der Waals surface area (Å²) in [7, 11) is 0. The molecule has 0 aliphatic heterocycles. The topological polar surface area (TPSA) is 87.6 Å². The SMILES string of the molecule is N.[3H]C(CC(CC(=O)OC(C)(C)C)CC(C)CC(C)CC(C)CC)C(C)C.[3H]C(CC(CC(=O)OC(C)(C)C)CC(C)CC(C)CC(C)CC)C(C)C. The molecule has 0 aromatic carbocycles. The highest BCUT2D eigenvalue weighted by Crippen LogP contribution is 2.31. The van der Waals surface area contributed by atoms with Crippen LogP contribution in [0.3, 0.4) is 0 Å². The number of hydrogen-bond donors (Lipinski definition) is 1. The second-order valence-corrected chi connectivity index (χ2v) is 19.6. The maximum absolute atomic E-state index is 12.3. The number of ether oxygens (including phenoxy) is 2. The Morgan fingerprint density at radius 2 is 0.745 bits per heavy atom.